The van der Waals surface area contributed by atoms with E-state index in [-0.39, 0.29) is 17.9 Å². The van der Waals surface area contributed by atoms with Crippen LogP contribution in [0.15, 0.2) is 65.3 Å². The number of fused-ring (bicyclic) bond motifs is 1. The number of imidazole rings is 1. The van der Waals surface area contributed by atoms with Crippen molar-refractivity contribution in [1.82, 2.24) is 19.9 Å². The number of anilines is 1. The molecule has 170 valence electrons. The number of aryl methyl sites for hydroxylation is 1. The maximum Gasteiger partial charge on any atom is 0.298 e. The molecule has 2 aromatic carbocycles. The first-order valence-corrected chi connectivity index (χ1v) is 11.1. The minimum absolute atomic E-state index is 0.0306. The highest BCUT2D eigenvalue weighted by Crippen LogP contribution is 2.28. The predicted molar refractivity (Wildman–Crippen MR) is 125 cm³/mol. The highest BCUT2D eigenvalue weighted by molar-refractivity contribution is 5.80. The first-order valence-electron chi connectivity index (χ1n) is 11.1. The molecule has 1 N–H and O–H groups in total. The molecule has 0 radical (unpaired) electrons. The van der Waals surface area contributed by atoms with E-state index in [4.69, 9.17) is 9.15 Å². The Morgan fingerprint density at radius 2 is 2.00 bits per heavy atom. The molecule has 0 aliphatic carbocycles. The van der Waals surface area contributed by atoms with Gasteiger partial charge in [-0.05, 0) is 42.7 Å². The van der Waals surface area contributed by atoms with Crippen LogP contribution < -0.4 is 15.0 Å². The van der Waals surface area contributed by atoms with Crippen LogP contribution >= 0.6 is 0 Å². The number of carbonyl (C=O) groups is 1. The Hall–Kier alpha value is -3.81. The Bertz CT molecular complexity index is 1220. The van der Waals surface area contributed by atoms with Crippen molar-refractivity contribution in [2.75, 3.05) is 25.1 Å². The van der Waals surface area contributed by atoms with Gasteiger partial charge in [-0.3, -0.25) is 4.79 Å². The number of rotatable bonds is 6. The van der Waals surface area contributed by atoms with Gasteiger partial charge >= 0.3 is 0 Å². The molecule has 33 heavy (non-hydrogen) atoms. The molecular weight excluding hydrogens is 418 g/mol. The van der Waals surface area contributed by atoms with E-state index in [2.05, 4.69) is 20.2 Å². The lowest BCUT2D eigenvalue weighted by atomic mass is 9.95. The molecule has 1 aliphatic heterocycles. The third kappa shape index (κ3) is 4.28. The molecule has 1 fully saturated rings. The molecule has 8 heteroatoms. The molecule has 1 saturated heterocycles. The Kier molecular flexibility index (Phi) is 5.73. The number of oxazole rings is 1. The van der Waals surface area contributed by atoms with Crippen LogP contribution in [0, 0.1) is 5.92 Å². The number of piperidine rings is 1. The lowest BCUT2D eigenvalue weighted by molar-refractivity contribution is -0.126. The predicted octanol–water partition coefficient (Wildman–Crippen LogP) is 3.69. The van der Waals surface area contributed by atoms with E-state index in [1.54, 1.807) is 13.3 Å². The van der Waals surface area contributed by atoms with Gasteiger partial charge in [-0.25, -0.2) is 4.98 Å². The summed E-state index contributed by atoms with van der Waals surface area (Å²) in [6.45, 7) is 1.44. The van der Waals surface area contributed by atoms with E-state index < -0.39 is 0 Å². The summed E-state index contributed by atoms with van der Waals surface area (Å²) in [6.07, 6.45) is 5.09. The smallest absolute Gasteiger partial charge is 0.298 e. The molecule has 1 atom stereocenters. The molecule has 5 rings (SSSR count). The molecule has 2 aromatic heterocycles. The number of methoxy groups -OCH3 is 1. The number of nitrogens with one attached hydrogen (secondary N) is 1. The number of amides is 1. The van der Waals surface area contributed by atoms with E-state index in [0.717, 1.165) is 54.2 Å². The third-order valence-corrected chi connectivity index (χ3v) is 6.25. The second kappa shape index (κ2) is 8.97. The van der Waals surface area contributed by atoms with Crippen molar-refractivity contribution in [1.29, 1.82) is 0 Å². The van der Waals surface area contributed by atoms with Crippen LogP contribution in [0.4, 0.5) is 6.01 Å². The SMILES string of the molecule is COc1cccc(C(NC(=O)C2CCN(c3nc4ccccc4o3)CC2)c2nccn2C)c1. The van der Waals surface area contributed by atoms with Gasteiger partial charge < -0.3 is 23.9 Å². The number of carbonyl (C=O) groups excluding carboxylic acids is 1. The van der Waals surface area contributed by atoms with Crippen molar-refractivity contribution in [3.8, 4) is 5.75 Å². The fourth-order valence-corrected chi connectivity index (χ4v) is 4.36. The molecule has 1 aliphatic rings. The first kappa shape index (κ1) is 21.1. The summed E-state index contributed by atoms with van der Waals surface area (Å²) in [5.74, 6) is 1.47. The zero-order chi connectivity index (χ0) is 22.8. The average Bonchev–Trinajstić information content (AvgIpc) is 3.48. The summed E-state index contributed by atoms with van der Waals surface area (Å²) in [7, 11) is 3.57. The quantitative estimate of drug-likeness (QED) is 0.487. The third-order valence-electron chi connectivity index (χ3n) is 6.25. The van der Waals surface area contributed by atoms with Gasteiger partial charge in [0, 0.05) is 38.4 Å². The summed E-state index contributed by atoms with van der Waals surface area (Å²) in [4.78, 5) is 24.5. The molecule has 1 unspecified atom stereocenters. The van der Waals surface area contributed by atoms with E-state index >= 15 is 0 Å². The number of aromatic nitrogens is 3. The molecule has 0 saturated carbocycles. The molecular formula is C25H27N5O3. The topological polar surface area (TPSA) is 85.4 Å². The van der Waals surface area contributed by atoms with Gasteiger partial charge in [-0.2, -0.15) is 4.98 Å². The van der Waals surface area contributed by atoms with Crippen LogP contribution in [0.2, 0.25) is 0 Å². The van der Waals surface area contributed by atoms with Crippen LogP contribution in [0.25, 0.3) is 11.1 Å². The van der Waals surface area contributed by atoms with Crippen molar-refractivity contribution in [3.05, 3.63) is 72.3 Å². The zero-order valence-corrected chi connectivity index (χ0v) is 18.8. The number of hydrogen-bond donors (Lipinski definition) is 1. The normalized spacial score (nSPS) is 15.5. The Balaban J connectivity index is 1.29. The van der Waals surface area contributed by atoms with Crippen LogP contribution in [0.1, 0.15) is 30.3 Å². The van der Waals surface area contributed by atoms with Gasteiger partial charge in [0.25, 0.3) is 6.01 Å². The summed E-state index contributed by atoms with van der Waals surface area (Å²) >= 11 is 0. The van der Waals surface area contributed by atoms with Crippen molar-refractivity contribution in [2.45, 2.75) is 18.9 Å². The van der Waals surface area contributed by atoms with Gasteiger partial charge in [0.15, 0.2) is 5.58 Å². The van der Waals surface area contributed by atoms with Crippen molar-refractivity contribution < 1.29 is 13.9 Å². The minimum Gasteiger partial charge on any atom is -0.497 e. The highest BCUT2D eigenvalue weighted by Gasteiger charge is 2.30. The van der Waals surface area contributed by atoms with Crippen LogP contribution in [-0.2, 0) is 11.8 Å². The van der Waals surface area contributed by atoms with Gasteiger partial charge in [-0.15, -0.1) is 0 Å². The van der Waals surface area contributed by atoms with E-state index in [1.807, 2.05) is 66.3 Å². The molecule has 3 heterocycles. The second-order valence-corrected chi connectivity index (χ2v) is 8.34. The average molecular weight is 446 g/mol. The first-order chi connectivity index (χ1) is 16.1. The number of hydrogen-bond acceptors (Lipinski definition) is 6. The standard InChI is InChI=1S/C25H27N5O3/c1-29-15-12-26-23(29)22(18-6-5-7-19(16-18)32-2)28-24(31)17-10-13-30(14-11-17)25-27-20-8-3-4-9-21(20)33-25/h3-9,12,15-17,22H,10-11,13-14H2,1-2H3,(H,28,31). The second-order valence-electron chi connectivity index (χ2n) is 8.34. The number of nitrogens with zero attached hydrogens (tertiary/aromatic N) is 4. The maximum atomic E-state index is 13.3. The summed E-state index contributed by atoms with van der Waals surface area (Å²) in [6, 6.07) is 15.8. The minimum atomic E-state index is -0.359. The largest absolute Gasteiger partial charge is 0.497 e. The molecule has 8 nitrogen and oxygen atoms in total. The van der Waals surface area contributed by atoms with E-state index in [0.29, 0.717) is 6.01 Å². The highest BCUT2D eigenvalue weighted by atomic mass is 16.5. The number of ether oxygens (including phenoxy) is 1. The lowest BCUT2D eigenvalue weighted by Gasteiger charge is -2.31. The lowest BCUT2D eigenvalue weighted by Crippen LogP contribution is -2.42. The van der Waals surface area contributed by atoms with Crippen LogP contribution in [-0.4, -0.2) is 40.6 Å². The van der Waals surface area contributed by atoms with Gasteiger partial charge in [-0.1, -0.05) is 24.3 Å². The molecule has 1 amide bonds. The van der Waals surface area contributed by atoms with Crippen molar-refractivity contribution in [2.24, 2.45) is 13.0 Å². The number of para-hydroxylation sites is 2. The van der Waals surface area contributed by atoms with Gasteiger partial charge in [0.2, 0.25) is 5.91 Å². The monoisotopic (exact) mass is 445 g/mol. The summed E-state index contributed by atoms with van der Waals surface area (Å²) in [5.41, 5.74) is 2.56. The molecule has 0 spiro atoms. The van der Waals surface area contributed by atoms with Crippen LogP contribution in [0.5, 0.6) is 5.75 Å². The van der Waals surface area contributed by atoms with Gasteiger partial charge in [0.05, 0.1) is 7.11 Å². The van der Waals surface area contributed by atoms with Crippen molar-refractivity contribution in [3.63, 3.8) is 0 Å². The number of benzene rings is 2. The molecule has 4 aromatic rings. The summed E-state index contributed by atoms with van der Waals surface area (Å²) < 4.78 is 13.2. The zero-order valence-electron chi connectivity index (χ0n) is 18.8. The van der Waals surface area contributed by atoms with E-state index in [1.165, 1.54) is 0 Å². The van der Waals surface area contributed by atoms with Crippen molar-refractivity contribution >= 4 is 23.0 Å². The Morgan fingerprint density at radius 1 is 1.18 bits per heavy atom. The van der Waals surface area contributed by atoms with E-state index in [9.17, 15) is 4.79 Å². The fraction of sp³-hybridized carbons (Fsp3) is 0.320. The summed E-state index contributed by atoms with van der Waals surface area (Å²) in [5, 5.41) is 3.24. The molecule has 0 bridgehead atoms. The van der Waals surface area contributed by atoms with Crippen LogP contribution in [0.3, 0.4) is 0 Å². The fourth-order valence-electron chi connectivity index (χ4n) is 4.36. The Labute approximate surface area is 192 Å². The van der Waals surface area contributed by atoms with Gasteiger partial charge in [0.1, 0.15) is 23.1 Å². The Morgan fingerprint density at radius 3 is 2.73 bits per heavy atom. The maximum absolute atomic E-state index is 13.3.